The monoisotopic (exact) mass is 168 g/mol. The number of fused-ring (bicyclic) bond motifs is 1. The molecule has 68 valence electrons. The van der Waals surface area contributed by atoms with Crippen molar-refractivity contribution in [2.45, 2.75) is 50.9 Å². The van der Waals surface area contributed by atoms with Gasteiger partial charge in [0.05, 0.1) is 24.4 Å². The predicted molar refractivity (Wildman–Crippen MR) is 45.0 cm³/mol. The number of ether oxygens (including phenoxy) is 2. The number of hydrogen-bond donors (Lipinski definition) is 0. The van der Waals surface area contributed by atoms with E-state index in [9.17, 15) is 0 Å². The van der Waals surface area contributed by atoms with Gasteiger partial charge in [-0.05, 0) is 26.2 Å². The molecule has 0 spiro atoms. The summed E-state index contributed by atoms with van der Waals surface area (Å²) in [7, 11) is 0. The van der Waals surface area contributed by atoms with Crippen molar-refractivity contribution in [3.63, 3.8) is 0 Å². The molecule has 1 saturated carbocycles. The van der Waals surface area contributed by atoms with Crippen molar-refractivity contribution in [2.75, 3.05) is 6.61 Å². The average molecular weight is 168 g/mol. The quantitative estimate of drug-likeness (QED) is 0.557. The molecule has 3 rings (SSSR count). The molecule has 0 N–H and O–H groups in total. The molecular weight excluding hydrogens is 152 g/mol. The first kappa shape index (κ1) is 7.34. The van der Waals surface area contributed by atoms with Gasteiger partial charge < -0.3 is 9.47 Å². The summed E-state index contributed by atoms with van der Waals surface area (Å²) in [6.07, 6.45) is 4.93. The summed E-state index contributed by atoms with van der Waals surface area (Å²) in [6, 6.07) is 0. The van der Waals surface area contributed by atoms with Crippen LogP contribution in [0.4, 0.5) is 0 Å². The molecule has 0 aromatic heterocycles. The van der Waals surface area contributed by atoms with Gasteiger partial charge in [-0.3, -0.25) is 0 Å². The van der Waals surface area contributed by atoms with Crippen LogP contribution in [0.1, 0.15) is 33.1 Å². The first-order valence-corrected chi connectivity index (χ1v) is 4.92. The van der Waals surface area contributed by atoms with Crippen LogP contribution in [0.2, 0.25) is 0 Å². The first-order valence-electron chi connectivity index (χ1n) is 4.92. The molecular formula is C10H16O2. The fourth-order valence-corrected chi connectivity index (χ4v) is 2.56. The van der Waals surface area contributed by atoms with Crippen LogP contribution in [-0.2, 0) is 9.47 Å². The maximum atomic E-state index is 5.55. The van der Waals surface area contributed by atoms with Gasteiger partial charge in [-0.15, -0.1) is 0 Å². The second-order valence-electron chi connectivity index (χ2n) is 5.04. The van der Waals surface area contributed by atoms with E-state index in [1.54, 1.807) is 0 Å². The molecule has 4 atom stereocenters. The average Bonchev–Trinajstić information content (AvgIpc) is 2.85. The SMILES string of the molecule is CC1(C2(C)CO2)CCC2OC2C1. The summed E-state index contributed by atoms with van der Waals surface area (Å²) in [6.45, 7) is 5.56. The van der Waals surface area contributed by atoms with Crippen LogP contribution >= 0.6 is 0 Å². The highest BCUT2D eigenvalue weighted by Gasteiger charge is 2.61. The molecule has 12 heavy (non-hydrogen) atoms. The molecule has 2 heteroatoms. The third-order valence-corrected chi connectivity index (χ3v) is 4.17. The Morgan fingerprint density at radius 3 is 2.58 bits per heavy atom. The van der Waals surface area contributed by atoms with Crippen LogP contribution in [0.3, 0.4) is 0 Å². The molecule has 2 nitrogen and oxygen atoms in total. The standard InChI is InChI=1S/C10H16O2/c1-9(10(2)6-11-10)4-3-7-8(5-9)12-7/h7-8H,3-6H2,1-2H3. The van der Waals surface area contributed by atoms with E-state index in [1.165, 1.54) is 19.3 Å². The molecule has 0 radical (unpaired) electrons. The van der Waals surface area contributed by atoms with Crippen LogP contribution in [-0.4, -0.2) is 24.4 Å². The van der Waals surface area contributed by atoms with E-state index in [4.69, 9.17) is 9.47 Å². The van der Waals surface area contributed by atoms with Crippen molar-refractivity contribution >= 4 is 0 Å². The zero-order valence-corrected chi connectivity index (χ0v) is 7.80. The Labute approximate surface area is 73.2 Å². The molecule has 2 heterocycles. The third-order valence-electron chi connectivity index (χ3n) is 4.17. The van der Waals surface area contributed by atoms with Crippen molar-refractivity contribution in [3.05, 3.63) is 0 Å². The van der Waals surface area contributed by atoms with E-state index in [-0.39, 0.29) is 5.60 Å². The maximum absolute atomic E-state index is 5.55. The molecule has 0 amide bonds. The highest BCUT2D eigenvalue weighted by atomic mass is 16.6. The zero-order valence-electron chi connectivity index (χ0n) is 7.80. The Kier molecular flexibility index (Phi) is 1.15. The molecule has 2 saturated heterocycles. The van der Waals surface area contributed by atoms with E-state index in [0.717, 1.165) is 6.61 Å². The van der Waals surface area contributed by atoms with Crippen LogP contribution in [0.15, 0.2) is 0 Å². The van der Waals surface area contributed by atoms with Gasteiger partial charge in [0.1, 0.15) is 0 Å². The molecule has 4 unspecified atom stereocenters. The Bertz CT molecular complexity index is 222. The van der Waals surface area contributed by atoms with Crippen molar-refractivity contribution in [3.8, 4) is 0 Å². The minimum absolute atomic E-state index is 0.184. The Morgan fingerprint density at radius 2 is 2.00 bits per heavy atom. The van der Waals surface area contributed by atoms with Gasteiger partial charge in [-0.2, -0.15) is 0 Å². The van der Waals surface area contributed by atoms with Crippen molar-refractivity contribution in [1.29, 1.82) is 0 Å². The first-order chi connectivity index (χ1) is 5.63. The molecule has 0 aromatic rings. The van der Waals surface area contributed by atoms with E-state index >= 15 is 0 Å². The summed E-state index contributed by atoms with van der Waals surface area (Å²) >= 11 is 0. The number of epoxide rings is 2. The van der Waals surface area contributed by atoms with Gasteiger partial charge in [0.2, 0.25) is 0 Å². The molecule has 2 aliphatic heterocycles. The maximum Gasteiger partial charge on any atom is 0.0942 e. The van der Waals surface area contributed by atoms with E-state index in [1.807, 2.05) is 0 Å². The van der Waals surface area contributed by atoms with Crippen molar-refractivity contribution < 1.29 is 9.47 Å². The minimum atomic E-state index is 0.184. The second-order valence-corrected chi connectivity index (χ2v) is 5.04. The van der Waals surface area contributed by atoms with Gasteiger partial charge in [-0.1, -0.05) is 6.92 Å². The number of hydrogen-bond acceptors (Lipinski definition) is 2. The molecule has 1 aliphatic carbocycles. The smallest absolute Gasteiger partial charge is 0.0942 e. The normalized spacial score (nSPS) is 62.5. The van der Waals surface area contributed by atoms with Gasteiger partial charge in [-0.25, -0.2) is 0 Å². The second kappa shape index (κ2) is 1.88. The lowest BCUT2D eigenvalue weighted by atomic mass is 9.68. The Morgan fingerprint density at radius 1 is 1.25 bits per heavy atom. The summed E-state index contributed by atoms with van der Waals surface area (Å²) in [5.74, 6) is 0. The molecule has 0 aromatic carbocycles. The van der Waals surface area contributed by atoms with Gasteiger partial charge >= 0.3 is 0 Å². The van der Waals surface area contributed by atoms with Crippen LogP contribution < -0.4 is 0 Å². The summed E-state index contributed by atoms with van der Waals surface area (Å²) in [5, 5.41) is 0. The molecule has 0 bridgehead atoms. The lowest BCUT2D eigenvalue weighted by molar-refractivity contribution is 0.0961. The Balaban J connectivity index is 1.80. The minimum Gasteiger partial charge on any atom is -0.370 e. The van der Waals surface area contributed by atoms with Gasteiger partial charge in [0, 0.05) is 5.41 Å². The predicted octanol–water partition coefficient (Wildman–Crippen LogP) is 1.73. The largest absolute Gasteiger partial charge is 0.370 e. The summed E-state index contributed by atoms with van der Waals surface area (Å²) in [4.78, 5) is 0. The van der Waals surface area contributed by atoms with Crippen molar-refractivity contribution in [2.24, 2.45) is 5.41 Å². The third kappa shape index (κ3) is 0.826. The Hall–Kier alpha value is -0.0800. The lowest BCUT2D eigenvalue weighted by Crippen LogP contribution is -2.37. The highest BCUT2D eigenvalue weighted by molar-refractivity contribution is 5.09. The van der Waals surface area contributed by atoms with Crippen LogP contribution in [0.25, 0.3) is 0 Å². The van der Waals surface area contributed by atoms with Gasteiger partial charge in [0.15, 0.2) is 0 Å². The fraction of sp³-hybridized carbons (Fsp3) is 1.00. The molecule has 3 fully saturated rings. The van der Waals surface area contributed by atoms with E-state index in [0.29, 0.717) is 17.6 Å². The zero-order chi connectivity index (χ0) is 8.40. The van der Waals surface area contributed by atoms with E-state index in [2.05, 4.69) is 13.8 Å². The highest BCUT2D eigenvalue weighted by Crippen LogP contribution is 2.56. The topological polar surface area (TPSA) is 25.1 Å². The van der Waals surface area contributed by atoms with Crippen LogP contribution in [0.5, 0.6) is 0 Å². The number of rotatable bonds is 1. The fourth-order valence-electron chi connectivity index (χ4n) is 2.56. The van der Waals surface area contributed by atoms with Gasteiger partial charge in [0.25, 0.3) is 0 Å². The summed E-state index contributed by atoms with van der Waals surface area (Å²) in [5.41, 5.74) is 0.578. The molecule has 3 aliphatic rings. The lowest BCUT2D eigenvalue weighted by Gasteiger charge is -2.35. The van der Waals surface area contributed by atoms with Crippen molar-refractivity contribution in [1.82, 2.24) is 0 Å². The summed E-state index contributed by atoms with van der Waals surface area (Å²) < 4.78 is 11.1. The van der Waals surface area contributed by atoms with Crippen LogP contribution in [0, 0.1) is 5.41 Å². The van der Waals surface area contributed by atoms with E-state index < -0.39 is 0 Å².